The molecule has 5 heteroatoms. The molecule has 1 N–H and O–H groups in total. The second-order valence-electron chi connectivity index (χ2n) is 3.67. The highest BCUT2D eigenvalue weighted by Gasteiger charge is 2.04. The van der Waals surface area contributed by atoms with Crippen LogP contribution in [0.1, 0.15) is 16.1 Å². The second kappa shape index (κ2) is 6.30. The number of hydrogen-bond donors (Lipinski definition) is 1. The van der Waals surface area contributed by atoms with Crippen molar-refractivity contribution in [1.29, 1.82) is 0 Å². The van der Waals surface area contributed by atoms with Gasteiger partial charge in [0.05, 0.1) is 12.4 Å². The molecule has 0 aliphatic rings. The predicted molar refractivity (Wildman–Crippen MR) is 70.0 cm³/mol. The lowest BCUT2D eigenvalue weighted by Gasteiger charge is -2.01. The molecule has 2 aromatic rings. The normalized spacial score (nSPS) is 10.5. The number of aromatic carboxylic acids is 1. The first-order valence-electron chi connectivity index (χ1n) is 5.65. The molecule has 0 unspecified atom stereocenters. The Hall–Kier alpha value is -2.69. The molecule has 0 saturated heterocycles. The van der Waals surface area contributed by atoms with E-state index in [0.717, 1.165) is 5.56 Å². The van der Waals surface area contributed by atoms with E-state index in [1.54, 1.807) is 0 Å². The van der Waals surface area contributed by atoms with Crippen LogP contribution in [-0.4, -0.2) is 27.7 Å². The molecule has 1 aromatic carbocycles. The first-order valence-corrected chi connectivity index (χ1v) is 5.65. The van der Waals surface area contributed by atoms with Crippen LogP contribution >= 0.6 is 0 Å². The number of benzene rings is 1. The Balaban J connectivity index is 1.86. The summed E-state index contributed by atoms with van der Waals surface area (Å²) in [5, 5.41) is 8.66. The summed E-state index contributed by atoms with van der Waals surface area (Å²) in [6.07, 6.45) is 6.24. The van der Waals surface area contributed by atoms with Gasteiger partial charge in [0.15, 0.2) is 5.69 Å². The Bertz CT molecular complexity index is 565. The smallest absolute Gasteiger partial charge is 0.356 e. The van der Waals surface area contributed by atoms with Crippen molar-refractivity contribution < 1.29 is 14.6 Å². The van der Waals surface area contributed by atoms with Gasteiger partial charge in [0.25, 0.3) is 0 Å². The summed E-state index contributed by atoms with van der Waals surface area (Å²) in [4.78, 5) is 18.1. The van der Waals surface area contributed by atoms with Crippen molar-refractivity contribution in [1.82, 2.24) is 9.97 Å². The zero-order valence-corrected chi connectivity index (χ0v) is 10.1. The first kappa shape index (κ1) is 12.8. The van der Waals surface area contributed by atoms with Gasteiger partial charge in [-0.15, -0.1) is 0 Å². The maximum Gasteiger partial charge on any atom is 0.356 e. The highest BCUT2D eigenvalue weighted by molar-refractivity contribution is 5.84. The molecule has 1 aromatic heterocycles. The maximum atomic E-state index is 10.6. The molecule has 0 amide bonds. The van der Waals surface area contributed by atoms with Gasteiger partial charge in [-0.25, -0.2) is 14.8 Å². The van der Waals surface area contributed by atoms with Gasteiger partial charge in [-0.1, -0.05) is 36.4 Å². The van der Waals surface area contributed by atoms with Gasteiger partial charge in [-0.05, 0) is 11.6 Å². The lowest BCUT2D eigenvalue weighted by atomic mass is 10.2. The predicted octanol–water partition coefficient (Wildman–Crippen LogP) is 2.27. The van der Waals surface area contributed by atoms with Crippen LogP contribution in [0.2, 0.25) is 0 Å². The van der Waals surface area contributed by atoms with E-state index in [9.17, 15) is 4.79 Å². The molecule has 0 aliphatic heterocycles. The monoisotopic (exact) mass is 256 g/mol. The Morgan fingerprint density at radius 1 is 1.21 bits per heavy atom. The van der Waals surface area contributed by atoms with Crippen LogP contribution in [-0.2, 0) is 0 Å². The lowest BCUT2D eigenvalue weighted by molar-refractivity contribution is 0.0690. The molecule has 2 rings (SSSR count). The van der Waals surface area contributed by atoms with Gasteiger partial charge in [-0.2, -0.15) is 0 Å². The van der Waals surface area contributed by atoms with Gasteiger partial charge < -0.3 is 9.84 Å². The fourth-order valence-corrected chi connectivity index (χ4v) is 1.38. The van der Waals surface area contributed by atoms with Crippen molar-refractivity contribution in [2.24, 2.45) is 0 Å². The maximum absolute atomic E-state index is 10.6. The third-order valence-corrected chi connectivity index (χ3v) is 2.28. The lowest BCUT2D eigenvalue weighted by Crippen LogP contribution is -2.02. The topological polar surface area (TPSA) is 72.3 Å². The minimum absolute atomic E-state index is 0.104. The summed E-state index contributed by atoms with van der Waals surface area (Å²) >= 11 is 0. The fourth-order valence-electron chi connectivity index (χ4n) is 1.38. The molecule has 0 aliphatic carbocycles. The zero-order chi connectivity index (χ0) is 13.5. The molecule has 5 nitrogen and oxygen atoms in total. The van der Waals surface area contributed by atoms with E-state index in [-0.39, 0.29) is 5.69 Å². The molecule has 0 fully saturated rings. The van der Waals surface area contributed by atoms with Crippen molar-refractivity contribution in [3.8, 4) is 5.88 Å². The average Bonchev–Trinajstić information content (AvgIpc) is 2.45. The number of hydrogen-bond acceptors (Lipinski definition) is 4. The van der Waals surface area contributed by atoms with Gasteiger partial charge in [0, 0.05) is 0 Å². The van der Waals surface area contributed by atoms with E-state index in [1.807, 2.05) is 42.5 Å². The Morgan fingerprint density at radius 2 is 2.00 bits per heavy atom. The first-order chi connectivity index (χ1) is 9.25. The number of carbonyl (C=O) groups is 1. The molecule has 0 radical (unpaired) electrons. The summed E-state index contributed by atoms with van der Waals surface area (Å²) in [7, 11) is 0. The van der Waals surface area contributed by atoms with E-state index in [2.05, 4.69) is 9.97 Å². The number of nitrogens with zero attached hydrogens (tertiary/aromatic N) is 2. The summed E-state index contributed by atoms with van der Waals surface area (Å²) in [5.74, 6) is -0.814. The summed E-state index contributed by atoms with van der Waals surface area (Å²) in [6.45, 7) is 0.343. The van der Waals surface area contributed by atoms with E-state index in [0.29, 0.717) is 12.5 Å². The second-order valence-corrected chi connectivity index (χ2v) is 3.67. The Kier molecular flexibility index (Phi) is 4.23. The summed E-state index contributed by atoms with van der Waals surface area (Å²) in [6, 6.07) is 9.83. The number of rotatable bonds is 5. The van der Waals surface area contributed by atoms with Crippen molar-refractivity contribution in [3.05, 3.63) is 60.1 Å². The molecule has 0 atom stereocenters. The minimum Gasteiger partial charge on any atom is -0.476 e. The standard InChI is InChI=1S/C14H12N2O3/c17-14(18)12-9-16-13(10-15-12)19-8-4-7-11-5-2-1-3-6-11/h1-7,9-10H,8H2,(H,17,18). The van der Waals surface area contributed by atoms with Crippen molar-refractivity contribution in [2.75, 3.05) is 6.61 Å². The number of carboxylic acid groups (broad SMARTS) is 1. The van der Waals surface area contributed by atoms with Crippen molar-refractivity contribution >= 4 is 12.0 Å². The highest BCUT2D eigenvalue weighted by atomic mass is 16.5. The Morgan fingerprint density at radius 3 is 2.63 bits per heavy atom. The van der Waals surface area contributed by atoms with Crippen LogP contribution in [0.25, 0.3) is 6.08 Å². The minimum atomic E-state index is -1.11. The van der Waals surface area contributed by atoms with E-state index in [4.69, 9.17) is 9.84 Å². The third-order valence-electron chi connectivity index (χ3n) is 2.28. The van der Waals surface area contributed by atoms with E-state index in [1.165, 1.54) is 12.4 Å². The van der Waals surface area contributed by atoms with Gasteiger partial charge in [0.2, 0.25) is 5.88 Å². The zero-order valence-electron chi connectivity index (χ0n) is 10.1. The van der Waals surface area contributed by atoms with Gasteiger partial charge in [0.1, 0.15) is 6.61 Å². The molecule has 19 heavy (non-hydrogen) atoms. The molecular weight excluding hydrogens is 244 g/mol. The van der Waals surface area contributed by atoms with Crippen LogP contribution in [0.15, 0.2) is 48.8 Å². The SMILES string of the molecule is O=C(O)c1cnc(OCC=Cc2ccccc2)cn1. The number of carboxylic acids is 1. The molecular formula is C14H12N2O3. The van der Waals surface area contributed by atoms with Crippen LogP contribution in [0.4, 0.5) is 0 Å². The van der Waals surface area contributed by atoms with E-state index >= 15 is 0 Å². The molecule has 0 saturated carbocycles. The summed E-state index contributed by atoms with van der Waals surface area (Å²) in [5.41, 5.74) is 0.977. The van der Waals surface area contributed by atoms with Gasteiger partial charge >= 0.3 is 5.97 Å². The molecule has 0 spiro atoms. The van der Waals surface area contributed by atoms with Gasteiger partial charge in [-0.3, -0.25) is 0 Å². The van der Waals surface area contributed by atoms with Crippen LogP contribution in [0.5, 0.6) is 5.88 Å². The number of ether oxygens (including phenoxy) is 1. The molecule has 0 bridgehead atoms. The summed E-state index contributed by atoms with van der Waals surface area (Å²) < 4.78 is 5.31. The molecule has 1 heterocycles. The number of aromatic nitrogens is 2. The highest BCUT2D eigenvalue weighted by Crippen LogP contribution is 2.05. The largest absolute Gasteiger partial charge is 0.476 e. The third kappa shape index (κ3) is 3.92. The van der Waals surface area contributed by atoms with Crippen LogP contribution < -0.4 is 4.74 Å². The quantitative estimate of drug-likeness (QED) is 0.888. The average molecular weight is 256 g/mol. The van der Waals surface area contributed by atoms with Crippen molar-refractivity contribution in [3.63, 3.8) is 0 Å². The Labute approximate surface area is 110 Å². The van der Waals surface area contributed by atoms with E-state index < -0.39 is 5.97 Å². The van der Waals surface area contributed by atoms with Crippen LogP contribution in [0.3, 0.4) is 0 Å². The molecule has 96 valence electrons. The van der Waals surface area contributed by atoms with Crippen LogP contribution in [0, 0.1) is 0 Å². The van der Waals surface area contributed by atoms with Crippen molar-refractivity contribution in [2.45, 2.75) is 0 Å². The fraction of sp³-hybridized carbons (Fsp3) is 0.0714.